The van der Waals surface area contributed by atoms with Crippen molar-refractivity contribution < 1.29 is 14.4 Å². The van der Waals surface area contributed by atoms with E-state index in [1.165, 1.54) is 6.07 Å². The van der Waals surface area contributed by atoms with E-state index in [0.29, 0.717) is 29.4 Å². The van der Waals surface area contributed by atoms with Crippen LogP contribution < -0.4 is 0 Å². The van der Waals surface area contributed by atoms with Crippen LogP contribution in [-0.2, 0) is 11.2 Å². The lowest BCUT2D eigenvalue weighted by Gasteiger charge is -1.98. The molecule has 17 heavy (non-hydrogen) atoms. The largest absolute Gasteiger partial charge is 0.507 e. The maximum Gasteiger partial charge on any atom is 0.261 e. The van der Waals surface area contributed by atoms with Crippen LogP contribution in [0.4, 0.5) is 0 Å². The summed E-state index contributed by atoms with van der Waals surface area (Å²) in [5.74, 6) is 0.820. The molecule has 0 spiro atoms. The van der Waals surface area contributed by atoms with Gasteiger partial charge in [-0.05, 0) is 18.2 Å². The molecule has 0 saturated heterocycles. The lowest BCUT2D eigenvalue weighted by molar-refractivity contribution is 0.199. The normalized spacial score (nSPS) is 10.7. The average Bonchev–Trinajstić information content (AvgIpc) is 2.75. The first-order chi connectivity index (χ1) is 8.20. The van der Waals surface area contributed by atoms with Gasteiger partial charge in [0.05, 0.1) is 12.2 Å². The van der Waals surface area contributed by atoms with Gasteiger partial charge in [-0.1, -0.05) is 16.8 Å². The summed E-state index contributed by atoms with van der Waals surface area (Å²) in [5, 5.41) is 13.9. The number of halogens is 1. The highest BCUT2D eigenvalue weighted by Crippen LogP contribution is 2.30. The highest BCUT2D eigenvalue weighted by molar-refractivity contribution is 6.30. The van der Waals surface area contributed by atoms with Crippen LogP contribution in [0, 0.1) is 0 Å². The zero-order chi connectivity index (χ0) is 12.3. The second kappa shape index (κ2) is 5.16. The van der Waals surface area contributed by atoms with Gasteiger partial charge in [0.1, 0.15) is 5.75 Å². The zero-order valence-corrected chi connectivity index (χ0v) is 9.94. The molecule has 90 valence electrons. The van der Waals surface area contributed by atoms with Gasteiger partial charge in [-0.3, -0.25) is 0 Å². The topological polar surface area (TPSA) is 68.4 Å². The van der Waals surface area contributed by atoms with Crippen LogP contribution in [-0.4, -0.2) is 29.0 Å². The number of benzene rings is 1. The van der Waals surface area contributed by atoms with Gasteiger partial charge >= 0.3 is 0 Å². The first kappa shape index (κ1) is 11.9. The van der Waals surface area contributed by atoms with Gasteiger partial charge in [-0.2, -0.15) is 4.98 Å². The number of rotatable bonds is 4. The summed E-state index contributed by atoms with van der Waals surface area (Å²) in [6.07, 6.45) is 0.564. The Balaban J connectivity index is 2.24. The van der Waals surface area contributed by atoms with E-state index in [1.807, 2.05) is 0 Å². The second-order valence-electron chi connectivity index (χ2n) is 3.42. The molecule has 2 rings (SSSR count). The minimum absolute atomic E-state index is 0.0134. The summed E-state index contributed by atoms with van der Waals surface area (Å²) in [7, 11) is 1.60. The Hall–Kier alpha value is -1.59. The van der Waals surface area contributed by atoms with Crippen LogP contribution in [0.5, 0.6) is 5.75 Å². The Morgan fingerprint density at radius 1 is 1.47 bits per heavy atom. The maximum absolute atomic E-state index is 9.69. The van der Waals surface area contributed by atoms with Crippen LogP contribution in [0.25, 0.3) is 11.5 Å². The third kappa shape index (κ3) is 2.75. The van der Waals surface area contributed by atoms with Crippen molar-refractivity contribution in [3.63, 3.8) is 0 Å². The Bertz CT molecular complexity index is 513. The fraction of sp³-hybridized carbons (Fsp3) is 0.273. The highest BCUT2D eigenvalue weighted by Gasteiger charge is 2.12. The van der Waals surface area contributed by atoms with Crippen molar-refractivity contribution in [3.8, 4) is 17.2 Å². The molecular formula is C11H11ClN2O3. The molecule has 1 aromatic carbocycles. The zero-order valence-electron chi connectivity index (χ0n) is 9.18. The van der Waals surface area contributed by atoms with Gasteiger partial charge in [0, 0.05) is 18.6 Å². The van der Waals surface area contributed by atoms with Crippen molar-refractivity contribution in [1.29, 1.82) is 0 Å². The Morgan fingerprint density at radius 3 is 3.00 bits per heavy atom. The number of ether oxygens (including phenoxy) is 1. The van der Waals surface area contributed by atoms with Gasteiger partial charge in [-0.25, -0.2) is 0 Å². The third-order valence-corrected chi connectivity index (χ3v) is 2.42. The predicted molar refractivity (Wildman–Crippen MR) is 62.0 cm³/mol. The summed E-state index contributed by atoms with van der Waals surface area (Å²) in [5.41, 5.74) is 0.463. The molecule has 0 saturated carbocycles. The summed E-state index contributed by atoms with van der Waals surface area (Å²) in [6, 6.07) is 4.71. The van der Waals surface area contributed by atoms with Gasteiger partial charge < -0.3 is 14.4 Å². The Morgan fingerprint density at radius 2 is 2.29 bits per heavy atom. The molecule has 1 aromatic heterocycles. The maximum atomic E-state index is 9.69. The van der Waals surface area contributed by atoms with E-state index in [9.17, 15) is 5.11 Å². The van der Waals surface area contributed by atoms with Gasteiger partial charge in [0.25, 0.3) is 5.89 Å². The Labute approximate surface area is 103 Å². The lowest BCUT2D eigenvalue weighted by atomic mass is 10.2. The monoisotopic (exact) mass is 254 g/mol. The number of nitrogens with zero attached hydrogens (tertiary/aromatic N) is 2. The summed E-state index contributed by atoms with van der Waals surface area (Å²) < 4.78 is 9.96. The number of hydrogen-bond donors (Lipinski definition) is 1. The molecular weight excluding hydrogens is 244 g/mol. The summed E-state index contributed by atoms with van der Waals surface area (Å²) in [4.78, 5) is 4.15. The number of hydrogen-bond acceptors (Lipinski definition) is 5. The molecule has 5 nitrogen and oxygen atoms in total. The van der Waals surface area contributed by atoms with Gasteiger partial charge in [0.15, 0.2) is 5.82 Å². The van der Waals surface area contributed by atoms with Crippen LogP contribution in [0.2, 0.25) is 5.02 Å². The van der Waals surface area contributed by atoms with Crippen LogP contribution in [0.1, 0.15) is 5.82 Å². The lowest BCUT2D eigenvalue weighted by Crippen LogP contribution is -1.96. The van der Waals surface area contributed by atoms with Gasteiger partial charge in [0.2, 0.25) is 0 Å². The van der Waals surface area contributed by atoms with E-state index >= 15 is 0 Å². The number of aromatic hydroxyl groups is 1. The summed E-state index contributed by atoms with van der Waals surface area (Å²) >= 11 is 5.73. The van der Waals surface area contributed by atoms with Gasteiger partial charge in [-0.15, -0.1) is 0 Å². The van der Waals surface area contributed by atoms with E-state index in [-0.39, 0.29) is 11.6 Å². The SMILES string of the molecule is COCCc1noc(-c2ccc(Cl)cc2O)n1. The van der Waals surface area contributed by atoms with Crippen LogP contribution in [0.3, 0.4) is 0 Å². The van der Waals surface area contributed by atoms with E-state index in [4.69, 9.17) is 20.9 Å². The first-order valence-corrected chi connectivity index (χ1v) is 5.39. The van der Waals surface area contributed by atoms with Crippen molar-refractivity contribution in [1.82, 2.24) is 10.1 Å². The minimum atomic E-state index is 0.0134. The molecule has 0 aliphatic carbocycles. The molecule has 0 amide bonds. The first-order valence-electron chi connectivity index (χ1n) is 5.01. The molecule has 0 radical (unpaired) electrons. The number of aromatic nitrogens is 2. The van der Waals surface area contributed by atoms with Crippen molar-refractivity contribution in [2.24, 2.45) is 0 Å². The number of methoxy groups -OCH3 is 1. The molecule has 1 heterocycles. The Kier molecular flexibility index (Phi) is 3.61. The fourth-order valence-corrected chi connectivity index (χ4v) is 1.51. The molecule has 0 aliphatic heterocycles. The minimum Gasteiger partial charge on any atom is -0.507 e. The van der Waals surface area contributed by atoms with Crippen molar-refractivity contribution in [3.05, 3.63) is 29.0 Å². The molecule has 0 bridgehead atoms. The smallest absolute Gasteiger partial charge is 0.261 e. The second-order valence-corrected chi connectivity index (χ2v) is 3.86. The highest BCUT2D eigenvalue weighted by atomic mass is 35.5. The number of phenols is 1. The summed E-state index contributed by atoms with van der Waals surface area (Å²) in [6.45, 7) is 0.519. The van der Waals surface area contributed by atoms with Crippen molar-refractivity contribution >= 4 is 11.6 Å². The molecule has 0 fully saturated rings. The molecule has 1 N–H and O–H groups in total. The van der Waals surface area contributed by atoms with Crippen molar-refractivity contribution in [2.75, 3.05) is 13.7 Å². The molecule has 2 aromatic rings. The molecule has 0 unspecified atom stereocenters. The van der Waals surface area contributed by atoms with E-state index < -0.39 is 0 Å². The van der Waals surface area contributed by atoms with Crippen molar-refractivity contribution in [2.45, 2.75) is 6.42 Å². The van der Waals surface area contributed by atoms with Crippen LogP contribution >= 0.6 is 11.6 Å². The third-order valence-electron chi connectivity index (χ3n) is 2.19. The quantitative estimate of drug-likeness (QED) is 0.907. The van der Waals surface area contributed by atoms with E-state index in [0.717, 1.165) is 0 Å². The molecule has 6 heteroatoms. The molecule has 0 atom stereocenters. The standard InChI is InChI=1S/C11H11ClN2O3/c1-16-5-4-10-13-11(17-14-10)8-3-2-7(12)6-9(8)15/h2-3,6,15H,4-5H2,1H3. The van der Waals surface area contributed by atoms with Crippen LogP contribution in [0.15, 0.2) is 22.7 Å². The van der Waals surface area contributed by atoms with E-state index in [1.54, 1.807) is 19.2 Å². The average molecular weight is 255 g/mol. The molecule has 0 aliphatic rings. The predicted octanol–water partition coefficient (Wildman–Crippen LogP) is 2.28. The van der Waals surface area contributed by atoms with E-state index in [2.05, 4.69) is 10.1 Å². The number of phenolic OH excluding ortho intramolecular Hbond substituents is 1. The fourth-order valence-electron chi connectivity index (χ4n) is 1.34.